The van der Waals surface area contributed by atoms with Gasteiger partial charge < -0.3 is 10.3 Å². The molecule has 0 radical (unpaired) electrons. The van der Waals surface area contributed by atoms with Crippen molar-refractivity contribution in [3.63, 3.8) is 0 Å². The van der Waals surface area contributed by atoms with Gasteiger partial charge in [-0.15, -0.1) is 11.8 Å². The second-order valence-corrected chi connectivity index (χ2v) is 8.56. The van der Waals surface area contributed by atoms with E-state index in [0.717, 1.165) is 18.1 Å². The van der Waals surface area contributed by atoms with Crippen molar-refractivity contribution in [1.82, 2.24) is 10.1 Å². The van der Waals surface area contributed by atoms with E-state index in [0.29, 0.717) is 16.4 Å². The number of hydrogen-bond acceptors (Lipinski definition) is 6. The molecule has 2 fully saturated rings. The van der Waals surface area contributed by atoms with Gasteiger partial charge in [0.15, 0.2) is 5.82 Å². The van der Waals surface area contributed by atoms with Crippen LogP contribution in [0, 0.1) is 5.92 Å². The minimum atomic E-state index is 0.177. The zero-order chi connectivity index (χ0) is 13.9. The Kier molecular flexibility index (Phi) is 4.94. The highest BCUT2D eigenvalue weighted by molar-refractivity contribution is 8.06. The minimum Gasteiger partial charge on any atom is -0.339 e. The van der Waals surface area contributed by atoms with Crippen LogP contribution in [0.25, 0.3) is 0 Å². The number of aromatic nitrogens is 2. The summed E-state index contributed by atoms with van der Waals surface area (Å²) >= 11 is 3.94. The Morgan fingerprint density at radius 1 is 1.30 bits per heavy atom. The van der Waals surface area contributed by atoms with Gasteiger partial charge in [0.2, 0.25) is 5.89 Å². The van der Waals surface area contributed by atoms with E-state index in [1.165, 1.54) is 37.2 Å². The smallest absolute Gasteiger partial charge is 0.228 e. The van der Waals surface area contributed by atoms with Crippen LogP contribution in [0.4, 0.5) is 0 Å². The van der Waals surface area contributed by atoms with Crippen LogP contribution in [0.3, 0.4) is 0 Å². The van der Waals surface area contributed by atoms with Crippen molar-refractivity contribution in [3.05, 3.63) is 11.7 Å². The third kappa shape index (κ3) is 3.34. The van der Waals surface area contributed by atoms with Crippen molar-refractivity contribution in [2.45, 2.75) is 55.6 Å². The monoisotopic (exact) mass is 313 g/mol. The van der Waals surface area contributed by atoms with Gasteiger partial charge >= 0.3 is 0 Å². The van der Waals surface area contributed by atoms with Crippen LogP contribution in [-0.4, -0.2) is 32.9 Å². The molecule has 0 spiro atoms. The summed E-state index contributed by atoms with van der Waals surface area (Å²) in [5, 5.41) is 5.12. The van der Waals surface area contributed by atoms with Crippen molar-refractivity contribution in [3.8, 4) is 0 Å². The lowest BCUT2D eigenvalue weighted by atomic mass is 9.96. The second kappa shape index (κ2) is 6.71. The molecule has 0 bridgehead atoms. The van der Waals surface area contributed by atoms with Gasteiger partial charge in [-0.3, -0.25) is 0 Å². The maximum atomic E-state index is 6.29. The number of rotatable bonds is 4. The van der Waals surface area contributed by atoms with Gasteiger partial charge in [0.1, 0.15) is 0 Å². The topological polar surface area (TPSA) is 64.9 Å². The highest BCUT2D eigenvalue weighted by Gasteiger charge is 2.29. The van der Waals surface area contributed by atoms with E-state index in [2.05, 4.69) is 17.1 Å². The molecule has 2 aliphatic rings. The fraction of sp³-hybridized carbons (Fsp3) is 0.857. The van der Waals surface area contributed by atoms with Crippen molar-refractivity contribution in [1.29, 1.82) is 0 Å². The highest BCUT2D eigenvalue weighted by atomic mass is 32.2. The molecule has 3 rings (SSSR count). The fourth-order valence-electron chi connectivity index (χ4n) is 3.14. The summed E-state index contributed by atoms with van der Waals surface area (Å²) in [6.45, 7) is 2.25. The summed E-state index contributed by atoms with van der Waals surface area (Å²) in [5.74, 6) is 4.63. The molecular weight excluding hydrogens is 290 g/mol. The maximum absolute atomic E-state index is 6.29. The Bertz CT molecular complexity index is 434. The van der Waals surface area contributed by atoms with E-state index in [1.807, 2.05) is 23.5 Å². The first-order valence-electron chi connectivity index (χ1n) is 7.55. The number of thioether (sulfide) groups is 2. The Morgan fingerprint density at radius 2 is 2.05 bits per heavy atom. The summed E-state index contributed by atoms with van der Waals surface area (Å²) in [4.78, 5) is 4.60. The third-order valence-corrected chi connectivity index (χ3v) is 7.43. The second-order valence-electron chi connectivity index (χ2n) is 5.83. The lowest BCUT2D eigenvalue weighted by Crippen LogP contribution is -2.30. The minimum absolute atomic E-state index is 0.177. The first-order chi connectivity index (χ1) is 9.74. The van der Waals surface area contributed by atoms with E-state index in [4.69, 9.17) is 10.3 Å². The lowest BCUT2D eigenvalue weighted by molar-refractivity contribution is 0.338. The zero-order valence-electron chi connectivity index (χ0n) is 12.0. The van der Waals surface area contributed by atoms with Gasteiger partial charge in [-0.1, -0.05) is 24.9 Å². The number of hydrogen-bond donors (Lipinski definition) is 1. The molecule has 2 N–H and O–H groups in total. The molecule has 1 aliphatic heterocycles. The quantitative estimate of drug-likeness (QED) is 0.921. The molecule has 4 nitrogen and oxygen atoms in total. The van der Waals surface area contributed by atoms with Crippen molar-refractivity contribution in [2.24, 2.45) is 11.7 Å². The Labute approximate surface area is 129 Å². The summed E-state index contributed by atoms with van der Waals surface area (Å²) in [6, 6.07) is 0.177. The first-order valence-corrected chi connectivity index (χ1v) is 9.65. The SMILES string of the molecule is CC1SCCSC1c1noc(CC(N)C2CCCC2)n1. The standard InChI is InChI=1S/C14H23N3OS2/c1-9-13(20-7-6-19-9)14-16-12(18-17-14)8-11(15)10-4-2-3-5-10/h9-11,13H,2-8,15H2,1H3. The highest BCUT2D eigenvalue weighted by Crippen LogP contribution is 2.41. The van der Waals surface area contributed by atoms with Gasteiger partial charge in [-0.25, -0.2) is 0 Å². The van der Waals surface area contributed by atoms with Crippen LogP contribution in [0.15, 0.2) is 4.52 Å². The molecule has 1 aromatic heterocycles. The van der Waals surface area contributed by atoms with Gasteiger partial charge in [0.25, 0.3) is 0 Å². The van der Waals surface area contributed by atoms with Crippen LogP contribution in [0.2, 0.25) is 0 Å². The molecule has 1 aromatic rings. The largest absolute Gasteiger partial charge is 0.339 e. The Balaban J connectivity index is 1.61. The predicted molar refractivity (Wildman–Crippen MR) is 85.1 cm³/mol. The Hall–Kier alpha value is -0.200. The van der Waals surface area contributed by atoms with Crippen molar-refractivity contribution < 1.29 is 4.52 Å². The van der Waals surface area contributed by atoms with E-state index < -0.39 is 0 Å². The lowest BCUT2D eigenvalue weighted by Gasteiger charge is -2.24. The van der Waals surface area contributed by atoms with E-state index in [9.17, 15) is 0 Å². The van der Waals surface area contributed by atoms with Crippen LogP contribution in [0.1, 0.15) is 49.6 Å². The van der Waals surface area contributed by atoms with Gasteiger partial charge in [0.05, 0.1) is 5.25 Å². The molecular formula is C14H23N3OS2. The molecule has 112 valence electrons. The summed E-state index contributed by atoms with van der Waals surface area (Å²) in [7, 11) is 0. The number of nitrogens with zero attached hydrogens (tertiary/aromatic N) is 2. The van der Waals surface area contributed by atoms with Gasteiger partial charge in [-0.2, -0.15) is 16.7 Å². The average Bonchev–Trinajstić information content (AvgIpc) is 3.10. The molecule has 0 amide bonds. The van der Waals surface area contributed by atoms with E-state index >= 15 is 0 Å². The summed E-state index contributed by atoms with van der Waals surface area (Å²) < 4.78 is 5.43. The predicted octanol–water partition coefficient (Wildman–Crippen LogP) is 3.04. The van der Waals surface area contributed by atoms with Gasteiger partial charge in [-0.05, 0) is 18.8 Å². The molecule has 3 unspecified atom stereocenters. The molecule has 0 aromatic carbocycles. The van der Waals surface area contributed by atoms with Crippen molar-refractivity contribution >= 4 is 23.5 Å². The van der Waals surface area contributed by atoms with Crippen LogP contribution < -0.4 is 5.73 Å². The van der Waals surface area contributed by atoms with Crippen LogP contribution >= 0.6 is 23.5 Å². The first kappa shape index (κ1) is 14.7. The molecule has 2 heterocycles. The van der Waals surface area contributed by atoms with E-state index in [1.54, 1.807) is 0 Å². The summed E-state index contributed by atoms with van der Waals surface area (Å²) in [5.41, 5.74) is 6.29. The van der Waals surface area contributed by atoms with Gasteiger partial charge in [0, 0.05) is 29.2 Å². The number of nitrogens with two attached hydrogens (primary N) is 1. The molecule has 1 aliphatic carbocycles. The zero-order valence-corrected chi connectivity index (χ0v) is 13.6. The molecule has 1 saturated carbocycles. The fourth-order valence-corrected chi connectivity index (χ4v) is 5.82. The summed E-state index contributed by atoms with van der Waals surface area (Å²) in [6.07, 6.45) is 5.89. The average molecular weight is 313 g/mol. The normalized spacial score (nSPS) is 29.7. The van der Waals surface area contributed by atoms with Crippen LogP contribution in [-0.2, 0) is 6.42 Å². The molecule has 20 heavy (non-hydrogen) atoms. The van der Waals surface area contributed by atoms with Crippen LogP contribution in [0.5, 0.6) is 0 Å². The maximum Gasteiger partial charge on any atom is 0.228 e. The van der Waals surface area contributed by atoms with Crippen molar-refractivity contribution in [2.75, 3.05) is 11.5 Å². The molecule has 3 atom stereocenters. The van der Waals surface area contributed by atoms with E-state index in [-0.39, 0.29) is 6.04 Å². The molecule has 6 heteroatoms. The Morgan fingerprint density at radius 3 is 2.80 bits per heavy atom. The molecule has 1 saturated heterocycles. The third-order valence-electron chi connectivity index (χ3n) is 4.34.